The predicted molar refractivity (Wildman–Crippen MR) is 216 cm³/mol. The summed E-state index contributed by atoms with van der Waals surface area (Å²) < 4.78 is 0. The van der Waals surface area contributed by atoms with E-state index in [1.807, 2.05) is 42.9 Å². The van der Waals surface area contributed by atoms with Crippen LogP contribution in [0.25, 0.3) is 110 Å². The third kappa shape index (κ3) is 4.48. The second-order valence-corrected chi connectivity index (χ2v) is 13.5. The molecule has 0 unspecified atom stereocenters. The first-order valence-electron chi connectivity index (χ1n) is 17.5. The molecule has 4 aromatic heterocycles. The van der Waals surface area contributed by atoms with Gasteiger partial charge in [-0.05, 0) is 84.9 Å². The van der Waals surface area contributed by atoms with Gasteiger partial charge in [-0.3, -0.25) is 9.97 Å². The molecule has 0 aliphatic heterocycles. The van der Waals surface area contributed by atoms with Crippen molar-refractivity contribution in [3.63, 3.8) is 0 Å². The highest BCUT2D eigenvalue weighted by atomic mass is 14.8. The van der Waals surface area contributed by atoms with Gasteiger partial charge in [0.2, 0.25) is 0 Å². The molecule has 240 valence electrons. The smallest absolute Gasteiger partial charge is 0.0972 e. The maximum atomic E-state index is 5.36. The van der Waals surface area contributed by atoms with Crippen molar-refractivity contribution < 1.29 is 0 Å². The van der Waals surface area contributed by atoms with E-state index in [-0.39, 0.29) is 0 Å². The monoisotopic (exact) mass is 660 g/mol. The molecular weight excluding hydrogens is 633 g/mol. The van der Waals surface area contributed by atoms with Crippen molar-refractivity contribution in [2.45, 2.75) is 0 Å². The fourth-order valence-electron chi connectivity index (χ4n) is 7.94. The van der Waals surface area contributed by atoms with E-state index in [0.29, 0.717) is 0 Å². The van der Waals surface area contributed by atoms with Crippen LogP contribution < -0.4 is 0 Å². The summed E-state index contributed by atoms with van der Waals surface area (Å²) in [5.74, 6) is 0. The summed E-state index contributed by atoms with van der Waals surface area (Å²) in [7, 11) is 0. The van der Waals surface area contributed by atoms with Crippen molar-refractivity contribution >= 4 is 65.0 Å². The Morgan fingerprint density at radius 1 is 0.365 bits per heavy atom. The molecule has 52 heavy (non-hydrogen) atoms. The highest BCUT2D eigenvalue weighted by Gasteiger charge is 2.17. The molecular formula is C48H28N4. The summed E-state index contributed by atoms with van der Waals surface area (Å²) in [4.78, 5) is 19.6. The highest BCUT2D eigenvalue weighted by molar-refractivity contribution is 6.27. The molecule has 4 nitrogen and oxygen atoms in total. The average molecular weight is 661 g/mol. The second-order valence-electron chi connectivity index (χ2n) is 13.5. The Kier molecular flexibility index (Phi) is 6.22. The molecule has 0 aliphatic carbocycles. The first kappa shape index (κ1) is 28.8. The van der Waals surface area contributed by atoms with Crippen LogP contribution in [0.1, 0.15) is 0 Å². The average Bonchev–Trinajstić information content (AvgIpc) is 3.22. The van der Waals surface area contributed by atoms with Crippen LogP contribution in [0.2, 0.25) is 0 Å². The van der Waals surface area contributed by atoms with E-state index in [1.165, 1.54) is 43.4 Å². The van der Waals surface area contributed by atoms with Crippen molar-refractivity contribution in [2.75, 3.05) is 0 Å². The molecule has 0 fully saturated rings. The number of benzene rings is 7. The molecule has 0 radical (unpaired) electrons. The van der Waals surface area contributed by atoms with Crippen molar-refractivity contribution in [3.8, 4) is 44.8 Å². The van der Waals surface area contributed by atoms with Crippen LogP contribution in [-0.4, -0.2) is 19.9 Å². The lowest BCUT2D eigenvalue weighted by Crippen LogP contribution is -1.93. The number of hydrogen-bond donors (Lipinski definition) is 0. The summed E-state index contributed by atoms with van der Waals surface area (Å²) in [6.45, 7) is 0. The number of aromatic nitrogens is 4. The number of hydrogen-bond acceptors (Lipinski definition) is 4. The van der Waals surface area contributed by atoms with Gasteiger partial charge in [-0.2, -0.15) is 0 Å². The van der Waals surface area contributed by atoms with E-state index in [9.17, 15) is 0 Å². The maximum absolute atomic E-state index is 5.36. The minimum absolute atomic E-state index is 0.885. The van der Waals surface area contributed by atoms with Crippen LogP contribution in [0, 0.1) is 0 Å². The molecule has 0 spiro atoms. The molecule has 11 rings (SSSR count). The fraction of sp³-hybridized carbons (Fsp3) is 0. The van der Waals surface area contributed by atoms with Gasteiger partial charge >= 0.3 is 0 Å². The highest BCUT2D eigenvalue weighted by Crippen LogP contribution is 2.42. The van der Waals surface area contributed by atoms with Gasteiger partial charge in [0, 0.05) is 45.9 Å². The third-order valence-corrected chi connectivity index (χ3v) is 10.5. The zero-order valence-electron chi connectivity index (χ0n) is 28.0. The zero-order valence-corrected chi connectivity index (χ0v) is 28.0. The maximum Gasteiger partial charge on any atom is 0.0972 e. The summed E-state index contributed by atoms with van der Waals surface area (Å²) >= 11 is 0. The van der Waals surface area contributed by atoms with E-state index in [0.717, 1.165) is 66.4 Å². The quantitative estimate of drug-likeness (QED) is 0.176. The lowest BCUT2D eigenvalue weighted by Gasteiger charge is -2.16. The number of fused-ring (bicyclic) bond motifs is 4. The van der Waals surface area contributed by atoms with Crippen LogP contribution in [0.5, 0.6) is 0 Å². The molecule has 0 aliphatic rings. The van der Waals surface area contributed by atoms with Crippen LogP contribution in [0.15, 0.2) is 170 Å². The first-order valence-corrected chi connectivity index (χ1v) is 17.5. The number of rotatable bonds is 4. The minimum Gasteiger partial charge on any atom is -0.264 e. The standard InChI is InChI=1S/C48H28N4/c1-2-6-42-35(4-1)26-37(28-50-42)43-23-17-33-11-12-34-18-24-44(52-48(34)47(33)51-43)39-20-14-32-15-21-40-38(19-13-31-16-22-41(39)46(32)45(31)40)30-9-7-29(8-10-30)36-5-3-25-49-27-36/h1-28H. The Bertz CT molecular complexity index is 3170. The fourth-order valence-corrected chi connectivity index (χ4v) is 7.94. The number of pyridine rings is 4. The molecule has 0 amide bonds. The molecule has 7 aromatic carbocycles. The minimum atomic E-state index is 0.885. The van der Waals surface area contributed by atoms with Crippen LogP contribution in [0.4, 0.5) is 0 Å². The molecule has 4 heteroatoms. The molecule has 4 heterocycles. The Morgan fingerprint density at radius 2 is 0.981 bits per heavy atom. The van der Waals surface area contributed by atoms with Crippen molar-refractivity contribution in [1.29, 1.82) is 0 Å². The molecule has 0 saturated carbocycles. The van der Waals surface area contributed by atoms with Crippen LogP contribution >= 0.6 is 0 Å². The van der Waals surface area contributed by atoms with Crippen molar-refractivity contribution in [1.82, 2.24) is 19.9 Å². The lowest BCUT2D eigenvalue weighted by molar-refractivity contribution is 1.33. The Labute approximate surface area is 299 Å². The zero-order chi connectivity index (χ0) is 34.2. The largest absolute Gasteiger partial charge is 0.264 e. The van der Waals surface area contributed by atoms with Crippen LogP contribution in [0.3, 0.4) is 0 Å². The van der Waals surface area contributed by atoms with E-state index in [1.54, 1.807) is 0 Å². The van der Waals surface area contributed by atoms with Gasteiger partial charge in [0.25, 0.3) is 0 Å². The Balaban J connectivity index is 1.06. The van der Waals surface area contributed by atoms with Gasteiger partial charge in [0.15, 0.2) is 0 Å². The SMILES string of the molecule is c1cncc(-c2ccc(-c3ccc4ccc5c(-c6ccc7ccc8ccc(-c9cnc%10ccccc%10c9)nc8c7n6)ccc6ccc3c4c65)cc2)c1. The second kappa shape index (κ2) is 11.2. The number of para-hydroxylation sites is 1. The van der Waals surface area contributed by atoms with Gasteiger partial charge in [-0.15, -0.1) is 0 Å². The Morgan fingerprint density at radius 3 is 1.73 bits per heavy atom. The van der Waals surface area contributed by atoms with E-state index >= 15 is 0 Å². The van der Waals surface area contributed by atoms with Crippen LogP contribution in [-0.2, 0) is 0 Å². The molecule has 11 aromatic rings. The van der Waals surface area contributed by atoms with Crippen molar-refractivity contribution in [2.24, 2.45) is 0 Å². The lowest BCUT2D eigenvalue weighted by atomic mass is 9.87. The normalized spacial score (nSPS) is 11.8. The summed E-state index contributed by atoms with van der Waals surface area (Å²) in [6.07, 6.45) is 5.63. The van der Waals surface area contributed by atoms with Gasteiger partial charge in [-0.1, -0.05) is 121 Å². The Hall–Kier alpha value is -7.04. The van der Waals surface area contributed by atoms with E-state index < -0.39 is 0 Å². The molecule has 0 atom stereocenters. The molecule has 0 saturated heterocycles. The van der Waals surface area contributed by atoms with Gasteiger partial charge in [-0.25, -0.2) is 9.97 Å². The third-order valence-electron chi connectivity index (χ3n) is 10.5. The van der Waals surface area contributed by atoms with Gasteiger partial charge in [0.05, 0.1) is 27.9 Å². The first-order chi connectivity index (χ1) is 25.7. The molecule has 0 bridgehead atoms. The van der Waals surface area contributed by atoms with E-state index in [2.05, 4.69) is 132 Å². The van der Waals surface area contributed by atoms with Gasteiger partial charge < -0.3 is 0 Å². The summed E-state index contributed by atoms with van der Waals surface area (Å²) in [6, 6.07) is 54.1. The van der Waals surface area contributed by atoms with E-state index in [4.69, 9.17) is 15.0 Å². The predicted octanol–water partition coefficient (Wildman–Crippen LogP) is 12.3. The number of nitrogens with zero attached hydrogens (tertiary/aromatic N) is 4. The summed E-state index contributed by atoms with van der Waals surface area (Å²) in [5, 5.41) is 10.7. The van der Waals surface area contributed by atoms with Crippen molar-refractivity contribution in [3.05, 3.63) is 170 Å². The summed E-state index contributed by atoms with van der Waals surface area (Å²) in [5.41, 5.74) is 11.4. The molecule has 0 N–H and O–H groups in total. The topological polar surface area (TPSA) is 51.6 Å². The van der Waals surface area contributed by atoms with Gasteiger partial charge in [0.1, 0.15) is 0 Å².